The van der Waals surface area contributed by atoms with Gasteiger partial charge >= 0.3 is 0 Å². The first-order chi connectivity index (χ1) is 8.25. The standard InChI is InChI=1S/C15H22Br2O/c1-10-6-5-7-11(2)13(18)12(16)14(17)15(3,4)9-8-10/h8,11H,5-7,9H2,1-4H3/b10-8-,14-12-. The van der Waals surface area contributed by atoms with E-state index in [1.165, 1.54) is 5.57 Å². The van der Waals surface area contributed by atoms with Crippen LogP contribution in [0.3, 0.4) is 0 Å². The molecule has 0 saturated heterocycles. The van der Waals surface area contributed by atoms with Gasteiger partial charge in [0.2, 0.25) is 0 Å². The molecule has 0 aliphatic heterocycles. The topological polar surface area (TPSA) is 17.1 Å². The van der Waals surface area contributed by atoms with E-state index in [1.807, 2.05) is 6.92 Å². The molecular formula is C15H22Br2O. The van der Waals surface area contributed by atoms with Crippen molar-refractivity contribution < 1.29 is 4.79 Å². The van der Waals surface area contributed by atoms with E-state index < -0.39 is 0 Å². The van der Waals surface area contributed by atoms with Gasteiger partial charge in [-0.1, -0.05) is 48.4 Å². The second-order valence-corrected chi connectivity index (χ2v) is 7.51. The molecule has 1 aliphatic rings. The molecule has 0 spiro atoms. The Bertz CT molecular complexity index is 391. The van der Waals surface area contributed by atoms with Crippen LogP contribution in [0.1, 0.15) is 53.4 Å². The molecule has 1 atom stereocenters. The molecule has 0 aromatic rings. The molecule has 1 aliphatic carbocycles. The first-order valence-corrected chi connectivity index (χ1v) is 8.10. The third kappa shape index (κ3) is 4.06. The molecule has 1 unspecified atom stereocenters. The van der Waals surface area contributed by atoms with E-state index >= 15 is 0 Å². The summed E-state index contributed by atoms with van der Waals surface area (Å²) in [5.41, 5.74) is 1.39. The second-order valence-electron chi connectivity index (χ2n) is 5.92. The third-order valence-electron chi connectivity index (χ3n) is 3.62. The first kappa shape index (κ1) is 16.2. The maximum atomic E-state index is 12.3. The van der Waals surface area contributed by atoms with E-state index in [1.54, 1.807) is 0 Å². The van der Waals surface area contributed by atoms with Crippen molar-refractivity contribution in [1.29, 1.82) is 0 Å². The quantitative estimate of drug-likeness (QED) is 0.492. The minimum atomic E-state index is -0.0419. The molecule has 1 rings (SSSR count). The zero-order valence-electron chi connectivity index (χ0n) is 11.6. The van der Waals surface area contributed by atoms with Crippen LogP contribution in [-0.4, -0.2) is 5.78 Å². The molecule has 0 radical (unpaired) electrons. The van der Waals surface area contributed by atoms with E-state index in [4.69, 9.17) is 0 Å². The minimum Gasteiger partial charge on any atom is -0.293 e. The third-order valence-corrected chi connectivity index (χ3v) is 6.41. The summed E-state index contributed by atoms with van der Waals surface area (Å²) < 4.78 is 1.70. The van der Waals surface area contributed by atoms with Crippen molar-refractivity contribution in [3.8, 4) is 0 Å². The molecule has 1 nitrogen and oxygen atoms in total. The van der Waals surface area contributed by atoms with Gasteiger partial charge < -0.3 is 0 Å². The van der Waals surface area contributed by atoms with Gasteiger partial charge in [0.05, 0.1) is 4.48 Å². The highest BCUT2D eigenvalue weighted by atomic mass is 79.9. The van der Waals surface area contributed by atoms with Gasteiger partial charge in [-0.05, 0) is 48.5 Å². The van der Waals surface area contributed by atoms with Crippen LogP contribution in [0.25, 0.3) is 0 Å². The molecule has 3 heteroatoms. The molecule has 0 amide bonds. The van der Waals surface area contributed by atoms with Gasteiger partial charge in [-0.2, -0.15) is 0 Å². The predicted molar refractivity (Wildman–Crippen MR) is 85.1 cm³/mol. The van der Waals surface area contributed by atoms with E-state index in [0.29, 0.717) is 4.48 Å². The lowest BCUT2D eigenvalue weighted by atomic mass is 9.87. The first-order valence-electron chi connectivity index (χ1n) is 6.51. The molecule has 0 aromatic heterocycles. The molecule has 0 saturated carbocycles. The summed E-state index contributed by atoms with van der Waals surface area (Å²) >= 11 is 7.10. The fraction of sp³-hybridized carbons (Fsp3) is 0.667. The van der Waals surface area contributed by atoms with Crippen LogP contribution in [0.2, 0.25) is 0 Å². The highest BCUT2D eigenvalue weighted by molar-refractivity contribution is 9.14. The number of Topliss-reactive ketones (excluding diaryl/α,β-unsaturated/α-hetero) is 1. The van der Waals surface area contributed by atoms with E-state index in [-0.39, 0.29) is 17.1 Å². The van der Waals surface area contributed by atoms with Gasteiger partial charge in [0, 0.05) is 15.8 Å². The van der Waals surface area contributed by atoms with Crippen molar-refractivity contribution in [2.75, 3.05) is 0 Å². The molecule has 0 aromatic carbocycles. The summed E-state index contributed by atoms with van der Waals surface area (Å²) in [4.78, 5) is 12.3. The Hall–Kier alpha value is 0.110. The number of carbonyl (C=O) groups excluding carboxylic acids is 1. The Morgan fingerprint density at radius 1 is 1.33 bits per heavy atom. The van der Waals surface area contributed by atoms with E-state index in [9.17, 15) is 4.79 Å². The number of hydrogen-bond acceptors (Lipinski definition) is 1. The lowest BCUT2D eigenvalue weighted by Crippen LogP contribution is -2.17. The molecule has 0 N–H and O–H groups in total. The monoisotopic (exact) mass is 376 g/mol. The maximum absolute atomic E-state index is 12.3. The molecule has 0 heterocycles. The zero-order chi connectivity index (χ0) is 13.9. The van der Waals surface area contributed by atoms with Crippen molar-refractivity contribution >= 4 is 37.6 Å². The van der Waals surface area contributed by atoms with Crippen molar-refractivity contribution in [2.24, 2.45) is 11.3 Å². The SMILES string of the molecule is C/C1=C/CC(C)(C)/C(Br)=C(/Br)C(=O)C(C)CCC1. The molecule has 102 valence electrons. The predicted octanol–water partition coefficient (Wildman–Crippen LogP) is 5.74. The Balaban J connectivity index is 3.14. The van der Waals surface area contributed by atoms with Crippen LogP contribution in [0, 0.1) is 11.3 Å². The Labute approximate surface area is 127 Å². The maximum Gasteiger partial charge on any atom is 0.173 e. The minimum absolute atomic E-state index is 0.0419. The Morgan fingerprint density at radius 3 is 2.56 bits per heavy atom. The number of allylic oxidation sites excluding steroid dienone is 4. The average molecular weight is 378 g/mol. The van der Waals surface area contributed by atoms with Crippen LogP contribution in [0.5, 0.6) is 0 Å². The highest BCUT2D eigenvalue weighted by Gasteiger charge is 2.28. The van der Waals surface area contributed by atoms with E-state index in [2.05, 4.69) is 58.7 Å². The fourth-order valence-corrected chi connectivity index (χ4v) is 3.35. The summed E-state index contributed by atoms with van der Waals surface area (Å²) in [5.74, 6) is 0.308. The average Bonchev–Trinajstić information content (AvgIpc) is 2.33. The van der Waals surface area contributed by atoms with E-state index in [0.717, 1.165) is 30.2 Å². The molecule has 0 bridgehead atoms. The van der Waals surface area contributed by atoms with Crippen LogP contribution in [0.15, 0.2) is 20.6 Å². The summed E-state index contributed by atoms with van der Waals surface area (Å²) in [6.07, 6.45) is 6.41. The van der Waals surface area contributed by atoms with Gasteiger partial charge in [-0.3, -0.25) is 4.79 Å². The van der Waals surface area contributed by atoms with Crippen molar-refractivity contribution in [3.05, 3.63) is 20.6 Å². The van der Waals surface area contributed by atoms with Gasteiger partial charge in [0.25, 0.3) is 0 Å². The number of hydrogen-bond donors (Lipinski definition) is 0. The van der Waals surface area contributed by atoms with Gasteiger partial charge in [-0.25, -0.2) is 0 Å². The molecule has 0 fully saturated rings. The normalized spacial score (nSPS) is 33.6. The Kier molecular flexibility index (Phi) is 5.85. The number of carbonyl (C=O) groups is 1. The number of halogens is 2. The summed E-state index contributed by atoms with van der Waals surface area (Å²) in [6.45, 7) is 8.54. The van der Waals surface area contributed by atoms with Gasteiger partial charge in [-0.15, -0.1) is 0 Å². The highest BCUT2D eigenvalue weighted by Crippen LogP contribution is 2.41. The van der Waals surface area contributed by atoms with Crippen LogP contribution in [0.4, 0.5) is 0 Å². The summed E-state index contributed by atoms with van der Waals surface area (Å²) in [5, 5.41) is 0. The lowest BCUT2D eigenvalue weighted by Gasteiger charge is -2.24. The fourth-order valence-electron chi connectivity index (χ4n) is 2.06. The summed E-state index contributed by atoms with van der Waals surface area (Å²) in [6, 6.07) is 0. The number of ketones is 1. The smallest absolute Gasteiger partial charge is 0.173 e. The van der Waals surface area contributed by atoms with Crippen LogP contribution < -0.4 is 0 Å². The molecular weight excluding hydrogens is 356 g/mol. The largest absolute Gasteiger partial charge is 0.293 e. The lowest BCUT2D eigenvalue weighted by molar-refractivity contribution is -0.118. The second kappa shape index (κ2) is 6.51. The van der Waals surface area contributed by atoms with Crippen molar-refractivity contribution in [2.45, 2.75) is 53.4 Å². The van der Waals surface area contributed by atoms with Crippen LogP contribution in [-0.2, 0) is 4.79 Å². The Morgan fingerprint density at radius 2 is 1.94 bits per heavy atom. The summed E-state index contributed by atoms with van der Waals surface area (Å²) in [7, 11) is 0. The van der Waals surface area contributed by atoms with Crippen LogP contribution >= 0.6 is 31.9 Å². The van der Waals surface area contributed by atoms with Crippen molar-refractivity contribution in [1.82, 2.24) is 0 Å². The van der Waals surface area contributed by atoms with Gasteiger partial charge in [0.1, 0.15) is 0 Å². The molecule has 18 heavy (non-hydrogen) atoms. The zero-order valence-corrected chi connectivity index (χ0v) is 14.8. The van der Waals surface area contributed by atoms with Crippen molar-refractivity contribution in [3.63, 3.8) is 0 Å². The number of rotatable bonds is 0. The van der Waals surface area contributed by atoms with Gasteiger partial charge in [0.15, 0.2) is 5.78 Å².